The van der Waals surface area contributed by atoms with E-state index in [2.05, 4.69) is 26.4 Å². The number of hydrogen-bond donors (Lipinski definition) is 2. The highest BCUT2D eigenvalue weighted by atomic mass is 35.5. The van der Waals surface area contributed by atoms with Gasteiger partial charge < -0.3 is 15.2 Å². The highest BCUT2D eigenvalue weighted by Crippen LogP contribution is 2.25. The quantitative estimate of drug-likeness (QED) is 0.687. The molecular formula is C21H27ClN6O. The number of aromatic nitrogens is 4. The van der Waals surface area contributed by atoms with Crippen LogP contribution in [0.25, 0.3) is 11.0 Å². The molecule has 2 aliphatic heterocycles. The number of nitrogens with one attached hydrogen (secondary N) is 2. The van der Waals surface area contributed by atoms with Crippen LogP contribution in [-0.4, -0.2) is 38.3 Å². The summed E-state index contributed by atoms with van der Waals surface area (Å²) in [6.07, 6.45) is 8.84. The first kappa shape index (κ1) is 19.9. The number of piperidine rings is 1. The molecule has 0 spiro atoms. The van der Waals surface area contributed by atoms with Gasteiger partial charge in [-0.05, 0) is 56.5 Å². The van der Waals surface area contributed by atoms with Crippen LogP contribution in [0.1, 0.15) is 54.5 Å². The monoisotopic (exact) mass is 414 g/mol. The molecule has 0 radical (unpaired) electrons. The molecule has 4 heterocycles. The van der Waals surface area contributed by atoms with Crippen molar-refractivity contribution < 1.29 is 4.79 Å². The van der Waals surface area contributed by atoms with Crippen molar-refractivity contribution in [1.29, 1.82) is 0 Å². The van der Waals surface area contributed by atoms with Gasteiger partial charge in [-0.3, -0.25) is 9.48 Å². The van der Waals surface area contributed by atoms with Crippen LogP contribution in [0.3, 0.4) is 0 Å². The largest absolute Gasteiger partial charge is 0.328 e. The fraction of sp³-hybridized carbons (Fsp3) is 0.476. The summed E-state index contributed by atoms with van der Waals surface area (Å²) >= 11 is 0. The lowest BCUT2D eigenvalue weighted by molar-refractivity contribution is 0.102. The topological polar surface area (TPSA) is 76.8 Å². The smallest absolute Gasteiger partial charge is 0.276 e. The molecule has 1 fully saturated rings. The second kappa shape index (κ2) is 8.55. The predicted octanol–water partition coefficient (Wildman–Crippen LogP) is 3.56. The molecule has 0 aliphatic carbocycles. The predicted molar refractivity (Wildman–Crippen MR) is 116 cm³/mol. The van der Waals surface area contributed by atoms with Crippen molar-refractivity contribution in [2.75, 3.05) is 18.4 Å². The molecule has 0 bridgehead atoms. The summed E-state index contributed by atoms with van der Waals surface area (Å²) in [5.74, 6) is 0.985. The lowest BCUT2D eigenvalue weighted by Crippen LogP contribution is -2.32. The van der Waals surface area contributed by atoms with Crippen LogP contribution in [0.4, 0.5) is 5.69 Å². The van der Waals surface area contributed by atoms with Crippen molar-refractivity contribution in [3.05, 3.63) is 42.0 Å². The first-order valence-electron chi connectivity index (χ1n) is 10.3. The van der Waals surface area contributed by atoms with E-state index in [9.17, 15) is 4.79 Å². The van der Waals surface area contributed by atoms with Crippen LogP contribution in [0.5, 0.6) is 0 Å². The van der Waals surface area contributed by atoms with Gasteiger partial charge in [-0.15, -0.1) is 12.4 Å². The molecule has 1 saturated heterocycles. The molecule has 1 aromatic carbocycles. The van der Waals surface area contributed by atoms with Gasteiger partial charge in [0.15, 0.2) is 5.69 Å². The normalized spacial score (nSPS) is 19.2. The molecule has 5 rings (SSSR count). The van der Waals surface area contributed by atoms with Gasteiger partial charge in [-0.2, -0.15) is 5.10 Å². The maximum Gasteiger partial charge on any atom is 0.276 e. The Morgan fingerprint density at radius 2 is 2.10 bits per heavy atom. The Morgan fingerprint density at radius 1 is 1.17 bits per heavy atom. The van der Waals surface area contributed by atoms with Crippen LogP contribution >= 0.6 is 12.4 Å². The highest BCUT2D eigenvalue weighted by Gasteiger charge is 2.18. The van der Waals surface area contributed by atoms with Crippen molar-refractivity contribution in [3.8, 4) is 0 Å². The molecule has 154 valence electrons. The molecule has 1 amide bonds. The van der Waals surface area contributed by atoms with E-state index in [4.69, 9.17) is 4.98 Å². The summed E-state index contributed by atoms with van der Waals surface area (Å²) in [6.45, 7) is 3.00. The van der Waals surface area contributed by atoms with E-state index in [0.29, 0.717) is 11.7 Å². The lowest BCUT2D eigenvalue weighted by Gasteiger charge is -2.22. The summed E-state index contributed by atoms with van der Waals surface area (Å²) in [5.41, 5.74) is 3.32. The zero-order valence-electron chi connectivity index (χ0n) is 16.4. The fourth-order valence-corrected chi connectivity index (χ4v) is 4.34. The second-order valence-electron chi connectivity index (χ2n) is 7.83. The third-order valence-electron chi connectivity index (χ3n) is 5.85. The maximum atomic E-state index is 12.7. The van der Waals surface area contributed by atoms with E-state index >= 15 is 0 Å². The number of rotatable bonds is 3. The molecule has 1 atom stereocenters. The van der Waals surface area contributed by atoms with Crippen molar-refractivity contribution >= 4 is 35.0 Å². The van der Waals surface area contributed by atoms with Gasteiger partial charge in [0, 0.05) is 31.4 Å². The number of anilines is 1. The molecule has 2 aromatic heterocycles. The van der Waals surface area contributed by atoms with Crippen molar-refractivity contribution in [1.82, 2.24) is 24.6 Å². The minimum atomic E-state index is -0.178. The molecule has 3 aromatic rings. The van der Waals surface area contributed by atoms with Gasteiger partial charge >= 0.3 is 0 Å². The molecule has 2 N–H and O–H groups in total. The maximum absolute atomic E-state index is 12.7. The Balaban J connectivity index is 0.00000205. The summed E-state index contributed by atoms with van der Waals surface area (Å²) in [7, 11) is 0. The van der Waals surface area contributed by atoms with Gasteiger partial charge in [0.05, 0.1) is 17.1 Å². The minimum Gasteiger partial charge on any atom is -0.328 e. The van der Waals surface area contributed by atoms with Gasteiger partial charge in [-0.25, -0.2) is 4.98 Å². The van der Waals surface area contributed by atoms with Gasteiger partial charge in [0.25, 0.3) is 5.91 Å². The summed E-state index contributed by atoms with van der Waals surface area (Å²) in [5, 5.41) is 10.9. The first-order chi connectivity index (χ1) is 13.8. The molecule has 1 unspecified atom stereocenters. The molecule has 0 saturated carbocycles. The average molecular weight is 415 g/mol. The number of nitrogens with zero attached hydrogens (tertiary/aromatic N) is 4. The summed E-state index contributed by atoms with van der Waals surface area (Å²) in [6, 6.07) is 8.12. The number of hydrogen-bond acceptors (Lipinski definition) is 4. The second-order valence-corrected chi connectivity index (χ2v) is 7.83. The zero-order valence-corrected chi connectivity index (χ0v) is 17.2. The summed E-state index contributed by atoms with van der Waals surface area (Å²) < 4.78 is 4.24. The average Bonchev–Trinajstić information content (AvgIpc) is 3.27. The Labute approximate surface area is 176 Å². The van der Waals surface area contributed by atoms with Gasteiger partial charge in [0.2, 0.25) is 0 Å². The third kappa shape index (κ3) is 4.02. The number of fused-ring (bicyclic) bond motifs is 3. The van der Waals surface area contributed by atoms with E-state index in [1.54, 1.807) is 6.07 Å². The van der Waals surface area contributed by atoms with E-state index in [1.807, 2.05) is 23.0 Å². The van der Waals surface area contributed by atoms with Crippen molar-refractivity contribution in [2.24, 2.45) is 0 Å². The Morgan fingerprint density at radius 3 is 2.97 bits per heavy atom. The zero-order chi connectivity index (χ0) is 18.9. The van der Waals surface area contributed by atoms with E-state index in [1.165, 1.54) is 19.3 Å². The molecule has 29 heavy (non-hydrogen) atoms. The van der Waals surface area contributed by atoms with Crippen LogP contribution in [0.15, 0.2) is 30.5 Å². The third-order valence-corrected chi connectivity index (χ3v) is 5.85. The number of aryl methyl sites for hydroxylation is 2. The number of carbonyl (C=O) groups is 1. The van der Waals surface area contributed by atoms with Crippen LogP contribution < -0.4 is 10.6 Å². The highest BCUT2D eigenvalue weighted by molar-refractivity contribution is 6.03. The number of amides is 1. The van der Waals surface area contributed by atoms with Crippen molar-refractivity contribution in [2.45, 2.75) is 51.1 Å². The number of halogens is 1. The first-order valence-corrected chi connectivity index (χ1v) is 10.3. The Bertz CT molecular complexity index is 1000. The SMILES string of the molecule is Cl.O=C(Nc1ccc2c(c1)nc1n2CCCCC1)c1ccn(C2CCCNC2)n1. The van der Waals surface area contributed by atoms with E-state index in [0.717, 1.165) is 61.4 Å². The van der Waals surface area contributed by atoms with Crippen LogP contribution in [0, 0.1) is 0 Å². The number of benzene rings is 1. The standard InChI is InChI=1S/C21H26N6O.ClH/c28-21(17-9-12-27(25-17)16-5-4-10-22-14-16)23-15-7-8-19-18(13-15)24-20-6-2-1-3-11-26(19)20;/h7-9,12-13,16,22H,1-6,10-11,14H2,(H,23,28);1H. The van der Waals surface area contributed by atoms with Crippen molar-refractivity contribution in [3.63, 3.8) is 0 Å². The van der Waals surface area contributed by atoms with Crippen LogP contribution in [-0.2, 0) is 13.0 Å². The Kier molecular flexibility index (Phi) is 5.87. The number of carbonyl (C=O) groups excluding carboxylic acids is 1. The van der Waals surface area contributed by atoms with Gasteiger partial charge in [-0.1, -0.05) is 6.42 Å². The fourth-order valence-electron chi connectivity index (χ4n) is 4.34. The minimum absolute atomic E-state index is 0. The summed E-state index contributed by atoms with van der Waals surface area (Å²) in [4.78, 5) is 17.5. The van der Waals surface area contributed by atoms with E-state index < -0.39 is 0 Å². The Hall–Kier alpha value is -2.38. The van der Waals surface area contributed by atoms with Gasteiger partial charge in [0.1, 0.15) is 5.82 Å². The molecule has 2 aliphatic rings. The van der Waals surface area contributed by atoms with E-state index in [-0.39, 0.29) is 18.3 Å². The number of imidazole rings is 1. The molecule has 8 heteroatoms. The van der Waals surface area contributed by atoms with Crippen LogP contribution in [0.2, 0.25) is 0 Å². The molecule has 7 nitrogen and oxygen atoms in total. The molecular weight excluding hydrogens is 388 g/mol. The lowest BCUT2D eigenvalue weighted by atomic mass is 10.1.